The van der Waals surface area contributed by atoms with E-state index in [-0.39, 0.29) is 17.7 Å². The van der Waals surface area contributed by atoms with Crippen molar-refractivity contribution in [2.45, 2.75) is 26.8 Å². The fraction of sp³-hybridized carbons (Fsp3) is 0.714. The fourth-order valence-corrected chi connectivity index (χ4v) is 3.59. The number of ether oxygens (including phenoxy) is 1. The van der Waals surface area contributed by atoms with Crippen molar-refractivity contribution in [2.24, 2.45) is 5.92 Å². The van der Waals surface area contributed by atoms with Gasteiger partial charge in [0.1, 0.15) is 11.6 Å². The van der Waals surface area contributed by atoms with Gasteiger partial charge in [0, 0.05) is 31.3 Å². The highest BCUT2D eigenvalue weighted by Gasteiger charge is 2.33. The Morgan fingerprint density at radius 3 is 2.55 bits per heavy atom. The molecular formula is C14H24N4O3S. The third kappa shape index (κ3) is 3.74. The number of hydrogen-bond acceptors (Lipinski definition) is 6. The maximum Gasteiger partial charge on any atom is 0.214 e. The van der Waals surface area contributed by atoms with Crippen molar-refractivity contribution < 1.29 is 13.2 Å². The van der Waals surface area contributed by atoms with Crippen LogP contribution in [0.25, 0.3) is 0 Å². The van der Waals surface area contributed by atoms with Crippen molar-refractivity contribution in [2.75, 3.05) is 38.4 Å². The second-order valence-electron chi connectivity index (χ2n) is 5.94. The van der Waals surface area contributed by atoms with Crippen LogP contribution in [-0.2, 0) is 14.8 Å². The molecule has 2 atom stereocenters. The molecule has 1 aliphatic heterocycles. The summed E-state index contributed by atoms with van der Waals surface area (Å²) >= 11 is 0. The van der Waals surface area contributed by atoms with E-state index in [4.69, 9.17) is 4.74 Å². The lowest BCUT2D eigenvalue weighted by Crippen LogP contribution is -2.37. The molecule has 1 fully saturated rings. The first-order chi connectivity index (χ1) is 10.2. The van der Waals surface area contributed by atoms with Gasteiger partial charge >= 0.3 is 0 Å². The van der Waals surface area contributed by atoms with Gasteiger partial charge < -0.3 is 10.1 Å². The number of hydrogen-bond donors (Lipinski definition) is 1. The van der Waals surface area contributed by atoms with Crippen LogP contribution in [-0.4, -0.2) is 61.8 Å². The third-order valence-corrected chi connectivity index (χ3v) is 5.96. The van der Waals surface area contributed by atoms with Gasteiger partial charge in [-0.15, -0.1) is 0 Å². The second kappa shape index (κ2) is 6.47. The van der Waals surface area contributed by atoms with Gasteiger partial charge in [0.05, 0.1) is 25.0 Å². The standard InChI is InChI=1S/C14H24N4O3S/c1-9-10(2)15-11(3)16-14(9)17-13-7-21-6-12(13)8-22(19,20)18(4)5/h12-13H,6-8H2,1-5H3,(H,15,16,17)/t12-,13+/m0/s1. The molecule has 2 heterocycles. The SMILES string of the molecule is Cc1nc(C)c(C)c(N[C@@H]2COC[C@H]2CS(=O)(=O)N(C)C)n1. The molecule has 1 saturated heterocycles. The summed E-state index contributed by atoms with van der Waals surface area (Å²) in [6.07, 6.45) is 0. The summed E-state index contributed by atoms with van der Waals surface area (Å²) in [6, 6.07) is -0.0675. The zero-order valence-corrected chi connectivity index (χ0v) is 14.6. The summed E-state index contributed by atoms with van der Waals surface area (Å²) in [4.78, 5) is 8.75. The van der Waals surface area contributed by atoms with Crippen molar-refractivity contribution in [3.63, 3.8) is 0 Å². The van der Waals surface area contributed by atoms with Crippen LogP contribution in [0, 0.1) is 26.7 Å². The molecule has 0 radical (unpaired) electrons. The molecule has 1 aliphatic rings. The second-order valence-corrected chi connectivity index (χ2v) is 8.17. The van der Waals surface area contributed by atoms with E-state index in [2.05, 4.69) is 15.3 Å². The first kappa shape index (κ1) is 17.1. The van der Waals surface area contributed by atoms with E-state index in [0.717, 1.165) is 17.1 Å². The Morgan fingerprint density at radius 1 is 1.23 bits per heavy atom. The molecule has 22 heavy (non-hydrogen) atoms. The Kier molecular flexibility index (Phi) is 5.03. The summed E-state index contributed by atoms with van der Waals surface area (Å²) < 4.78 is 30.9. The van der Waals surface area contributed by atoms with E-state index in [0.29, 0.717) is 19.0 Å². The molecule has 0 amide bonds. The van der Waals surface area contributed by atoms with Gasteiger partial charge in [0.25, 0.3) is 0 Å². The number of rotatable bonds is 5. The minimum atomic E-state index is -3.25. The molecule has 1 aromatic heterocycles. The van der Waals surface area contributed by atoms with Crippen molar-refractivity contribution in [1.82, 2.24) is 14.3 Å². The summed E-state index contributed by atoms with van der Waals surface area (Å²) in [5.74, 6) is 1.43. The van der Waals surface area contributed by atoms with Crippen LogP contribution < -0.4 is 5.32 Å². The van der Waals surface area contributed by atoms with E-state index < -0.39 is 10.0 Å². The highest BCUT2D eigenvalue weighted by Crippen LogP contribution is 2.23. The Hall–Kier alpha value is -1.25. The van der Waals surface area contributed by atoms with Gasteiger partial charge in [-0.05, 0) is 20.8 Å². The van der Waals surface area contributed by atoms with Gasteiger partial charge in [-0.1, -0.05) is 0 Å². The van der Waals surface area contributed by atoms with Gasteiger partial charge in [-0.25, -0.2) is 22.7 Å². The smallest absolute Gasteiger partial charge is 0.214 e. The number of aryl methyl sites for hydroxylation is 2. The number of sulfonamides is 1. The fourth-order valence-electron chi connectivity index (χ4n) is 2.43. The van der Waals surface area contributed by atoms with E-state index in [1.165, 1.54) is 4.31 Å². The molecule has 124 valence electrons. The average Bonchev–Trinajstić information content (AvgIpc) is 2.82. The molecule has 0 aliphatic carbocycles. The molecule has 1 aromatic rings. The molecule has 0 unspecified atom stereocenters. The van der Waals surface area contributed by atoms with Crippen molar-refractivity contribution in [1.29, 1.82) is 0 Å². The Balaban J connectivity index is 2.16. The largest absolute Gasteiger partial charge is 0.379 e. The van der Waals surface area contributed by atoms with Crippen LogP contribution in [0.2, 0.25) is 0 Å². The third-order valence-electron chi connectivity index (χ3n) is 4.00. The summed E-state index contributed by atoms with van der Waals surface area (Å²) in [7, 11) is -0.152. The lowest BCUT2D eigenvalue weighted by molar-refractivity contribution is 0.187. The zero-order chi connectivity index (χ0) is 16.5. The van der Waals surface area contributed by atoms with Crippen molar-refractivity contribution >= 4 is 15.8 Å². The molecule has 8 heteroatoms. The normalized spacial score (nSPS) is 22.3. The predicted molar refractivity (Wildman–Crippen MR) is 85.4 cm³/mol. The first-order valence-electron chi connectivity index (χ1n) is 7.27. The molecule has 0 bridgehead atoms. The van der Waals surface area contributed by atoms with E-state index in [9.17, 15) is 8.42 Å². The number of nitrogens with one attached hydrogen (secondary N) is 1. The molecule has 0 saturated carbocycles. The van der Waals surface area contributed by atoms with Crippen LogP contribution in [0.5, 0.6) is 0 Å². The van der Waals surface area contributed by atoms with Crippen LogP contribution in [0.3, 0.4) is 0 Å². The Labute approximate surface area is 132 Å². The molecule has 0 aromatic carbocycles. The maximum atomic E-state index is 12.1. The number of aromatic nitrogens is 2. The average molecular weight is 328 g/mol. The lowest BCUT2D eigenvalue weighted by Gasteiger charge is -2.22. The maximum absolute atomic E-state index is 12.1. The van der Waals surface area contributed by atoms with E-state index in [1.54, 1.807) is 14.1 Å². The predicted octanol–water partition coefficient (Wildman–Crippen LogP) is 0.720. The van der Waals surface area contributed by atoms with Gasteiger partial charge in [0.2, 0.25) is 10.0 Å². The van der Waals surface area contributed by atoms with Gasteiger partial charge in [0.15, 0.2) is 0 Å². The molecule has 0 spiro atoms. The minimum Gasteiger partial charge on any atom is -0.379 e. The summed E-state index contributed by atoms with van der Waals surface area (Å²) in [5.41, 5.74) is 1.90. The van der Waals surface area contributed by atoms with Crippen molar-refractivity contribution in [3.8, 4) is 0 Å². The zero-order valence-electron chi connectivity index (χ0n) is 13.8. The van der Waals surface area contributed by atoms with E-state index in [1.807, 2.05) is 20.8 Å². The van der Waals surface area contributed by atoms with Crippen LogP contribution >= 0.6 is 0 Å². The molecule has 2 rings (SSSR count). The monoisotopic (exact) mass is 328 g/mol. The molecular weight excluding hydrogens is 304 g/mol. The Bertz CT molecular complexity index is 646. The summed E-state index contributed by atoms with van der Waals surface area (Å²) in [6.45, 7) is 6.66. The van der Waals surface area contributed by atoms with Gasteiger partial charge in [-0.2, -0.15) is 0 Å². The number of nitrogens with zero attached hydrogens (tertiary/aromatic N) is 3. The topological polar surface area (TPSA) is 84.4 Å². The minimum absolute atomic E-state index is 0.0675. The van der Waals surface area contributed by atoms with Crippen molar-refractivity contribution in [3.05, 3.63) is 17.1 Å². The molecule has 1 N–H and O–H groups in total. The highest BCUT2D eigenvalue weighted by molar-refractivity contribution is 7.89. The Morgan fingerprint density at radius 2 is 1.91 bits per heavy atom. The van der Waals surface area contributed by atoms with Crippen LogP contribution in [0.1, 0.15) is 17.1 Å². The van der Waals surface area contributed by atoms with Crippen LogP contribution in [0.4, 0.5) is 5.82 Å². The lowest BCUT2D eigenvalue weighted by atomic mass is 10.1. The molecule has 7 nitrogen and oxygen atoms in total. The quantitative estimate of drug-likeness (QED) is 0.857. The van der Waals surface area contributed by atoms with E-state index >= 15 is 0 Å². The van der Waals surface area contributed by atoms with Crippen LogP contribution in [0.15, 0.2) is 0 Å². The first-order valence-corrected chi connectivity index (χ1v) is 8.88. The highest BCUT2D eigenvalue weighted by atomic mass is 32.2. The van der Waals surface area contributed by atoms with Gasteiger partial charge in [-0.3, -0.25) is 0 Å². The summed E-state index contributed by atoms with van der Waals surface area (Å²) in [5, 5.41) is 3.34. The number of anilines is 1.